The molecule has 1 amide bonds. The Morgan fingerprint density at radius 1 is 1.07 bits per heavy atom. The lowest BCUT2D eigenvalue weighted by atomic mass is 9.87. The summed E-state index contributed by atoms with van der Waals surface area (Å²) in [6.07, 6.45) is 0.119. The third kappa shape index (κ3) is 3.18. The number of fused-ring (bicyclic) bond motifs is 3. The number of piperidine rings is 1. The first kappa shape index (κ1) is 17.6. The fourth-order valence-corrected chi connectivity index (χ4v) is 4.36. The number of benzene rings is 2. The van der Waals surface area contributed by atoms with Gasteiger partial charge in [-0.25, -0.2) is 4.79 Å². The molecule has 1 aliphatic carbocycles. The van der Waals surface area contributed by atoms with Crippen molar-refractivity contribution >= 4 is 12.1 Å². The molecule has 27 heavy (non-hydrogen) atoms. The summed E-state index contributed by atoms with van der Waals surface area (Å²) < 4.78 is 5.66. The van der Waals surface area contributed by atoms with Gasteiger partial charge in [-0.1, -0.05) is 55.5 Å². The van der Waals surface area contributed by atoms with Crippen LogP contribution in [-0.4, -0.2) is 41.8 Å². The number of carbonyl (C=O) groups is 2. The van der Waals surface area contributed by atoms with Crippen molar-refractivity contribution in [3.8, 4) is 11.1 Å². The molecule has 0 bridgehead atoms. The van der Waals surface area contributed by atoms with Crippen molar-refractivity contribution in [2.24, 2.45) is 11.8 Å². The molecular weight excluding hydrogens is 342 g/mol. The average Bonchev–Trinajstić information content (AvgIpc) is 2.99. The van der Waals surface area contributed by atoms with Crippen LogP contribution in [0.1, 0.15) is 30.4 Å². The van der Waals surface area contributed by atoms with Gasteiger partial charge in [-0.3, -0.25) is 4.79 Å². The Morgan fingerprint density at radius 2 is 1.67 bits per heavy atom. The third-order valence-electron chi connectivity index (χ3n) is 5.82. The molecule has 140 valence electrons. The minimum Gasteiger partial charge on any atom is -0.481 e. The number of carbonyl (C=O) groups excluding carboxylic acids is 1. The van der Waals surface area contributed by atoms with Crippen LogP contribution in [0.5, 0.6) is 0 Å². The number of aliphatic carboxylic acids is 1. The molecular formula is C22H23NO4. The van der Waals surface area contributed by atoms with Crippen LogP contribution in [0.2, 0.25) is 0 Å². The molecule has 2 aromatic rings. The molecule has 0 saturated carbocycles. The van der Waals surface area contributed by atoms with E-state index in [4.69, 9.17) is 4.74 Å². The Labute approximate surface area is 158 Å². The van der Waals surface area contributed by atoms with Gasteiger partial charge in [0.1, 0.15) is 6.61 Å². The molecule has 2 atom stereocenters. The van der Waals surface area contributed by atoms with Crippen LogP contribution in [0, 0.1) is 11.8 Å². The maximum Gasteiger partial charge on any atom is 0.409 e. The summed E-state index contributed by atoms with van der Waals surface area (Å²) in [5.41, 5.74) is 4.77. The number of carboxylic acid groups (broad SMARTS) is 1. The highest BCUT2D eigenvalue weighted by molar-refractivity contribution is 5.79. The van der Waals surface area contributed by atoms with Crippen LogP contribution < -0.4 is 0 Å². The first-order valence-electron chi connectivity index (χ1n) is 9.39. The molecule has 2 aliphatic rings. The van der Waals surface area contributed by atoms with Crippen molar-refractivity contribution in [1.29, 1.82) is 0 Å². The zero-order chi connectivity index (χ0) is 19.0. The molecule has 0 aromatic heterocycles. The van der Waals surface area contributed by atoms with Gasteiger partial charge in [-0.05, 0) is 34.6 Å². The lowest BCUT2D eigenvalue weighted by molar-refractivity contribution is -0.145. The van der Waals surface area contributed by atoms with Gasteiger partial charge in [0.2, 0.25) is 0 Å². The molecule has 1 saturated heterocycles. The summed E-state index contributed by atoms with van der Waals surface area (Å²) in [6.45, 7) is 3.02. The van der Waals surface area contributed by atoms with Gasteiger partial charge in [-0.15, -0.1) is 0 Å². The van der Waals surface area contributed by atoms with E-state index in [0.29, 0.717) is 26.1 Å². The lowest BCUT2D eigenvalue weighted by Gasteiger charge is -2.34. The molecule has 2 aromatic carbocycles. The first-order valence-corrected chi connectivity index (χ1v) is 9.39. The van der Waals surface area contributed by atoms with Crippen molar-refractivity contribution in [3.05, 3.63) is 59.7 Å². The van der Waals surface area contributed by atoms with E-state index < -0.39 is 5.97 Å². The summed E-state index contributed by atoms with van der Waals surface area (Å²) in [6, 6.07) is 16.5. The highest BCUT2D eigenvalue weighted by Gasteiger charge is 2.34. The zero-order valence-electron chi connectivity index (χ0n) is 15.3. The highest BCUT2D eigenvalue weighted by Crippen LogP contribution is 2.44. The van der Waals surface area contributed by atoms with E-state index in [9.17, 15) is 14.7 Å². The normalized spacial score (nSPS) is 21.4. The topological polar surface area (TPSA) is 66.8 Å². The minimum atomic E-state index is -0.783. The number of likely N-dealkylation sites (tertiary alicyclic amines) is 1. The van der Waals surface area contributed by atoms with E-state index in [0.717, 1.165) is 0 Å². The summed E-state index contributed by atoms with van der Waals surface area (Å²) in [7, 11) is 0. The van der Waals surface area contributed by atoms with Crippen LogP contribution >= 0.6 is 0 Å². The molecule has 0 spiro atoms. The third-order valence-corrected chi connectivity index (χ3v) is 5.82. The Kier molecular flexibility index (Phi) is 4.60. The highest BCUT2D eigenvalue weighted by atomic mass is 16.6. The first-order chi connectivity index (χ1) is 13.1. The SMILES string of the molecule is C[C@H]1CN(C(=O)OCC2c3ccccc3-c3ccccc32)CC[C@@H]1C(=O)O. The summed E-state index contributed by atoms with van der Waals surface area (Å²) in [5.74, 6) is -1.20. The fourth-order valence-electron chi connectivity index (χ4n) is 4.36. The molecule has 0 unspecified atom stereocenters. The predicted octanol–water partition coefficient (Wildman–Crippen LogP) is 3.98. The molecule has 4 rings (SSSR count). The Hall–Kier alpha value is -2.82. The number of rotatable bonds is 3. The van der Waals surface area contributed by atoms with Crippen LogP contribution in [0.25, 0.3) is 11.1 Å². The number of hydrogen-bond acceptors (Lipinski definition) is 3. The van der Waals surface area contributed by atoms with Crippen LogP contribution in [0.4, 0.5) is 4.79 Å². The monoisotopic (exact) mass is 365 g/mol. The number of ether oxygens (including phenoxy) is 1. The molecule has 1 fully saturated rings. The second-order valence-corrected chi connectivity index (χ2v) is 7.46. The number of carboxylic acids is 1. The smallest absolute Gasteiger partial charge is 0.409 e. The Balaban J connectivity index is 1.45. The minimum absolute atomic E-state index is 0.0373. The van der Waals surface area contributed by atoms with Crippen molar-refractivity contribution < 1.29 is 19.4 Å². The van der Waals surface area contributed by atoms with E-state index in [2.05, 4.69) is 24.3 Å². The number of hydrogen-bond donors (Lipinski definition) is 1. The molecule has 5 heteroatoms. The number of nitrogens with zero attached hydrogens (tertiary/aromatic N) is 1. The van der Waals surface area contributed by atoms with Gasteiger partial charge in [0, 0.05) is 19.0 Å². The van der Waals surface area contributed by atoms with Gasteiger partial charge in [0.25, 0.3) is 0 Å². The molecule has 5 nitrogen and oxygen atoms in total. The molecule has 0 radical (unpaired) electrons. The molecule has 1 aliphatic heterocycles. The quantitative estimate of drug-likeness (QED) is 0.893. The van der Waals surface area contributed by atoms with Gasteiger partial charge in [-0.2, -0.15) is 0 Å². The Bertz CT molecular complexity index is 833. The largest absolute Gasteiger partial charge is 0.481 e. The van der Waals surface area contributed by atoms with Crippen LogP contribution in [0.15, 0.2) is 48.5 Å². The molecule has 1 heterocycles. The van der Waals surface area contributed by atoms with Crippen LogP contribution in [-0.2, 0) is 9.53 Å². The number of amides is 1. The van der Waals surface area contributed by atoms with E-state index in [1.165, 1.54) is 22.3 Å². The van der Waals surface area contributed by atoms with E-state index in [1.807, 2.05) is 31.2 Å². The second-order valence-electron chi connectivity index (χ2n) is 7.46. The van der Waals surface area contributed by atoms with Gasteiger partial charge >= 0.3 is 12.1 Å². The maximum atomic E-state index is 12.6. The summed E-state index contributed by atoms with van der Waals surface area (Å²) in [5, 5.41) is 9.23. The van der Waals surface area contributed by atoms with Gasteiger partial charge in [0.05, 0.1) is 5.92 Å². The summed E-state index contributed by atoms with van der Waals surface area (Å²) in [4.78, 5) is 25.4. The van der Waals surface area contributed by atoms with Crippen molar-refractivity contribution in [2.45, 2.75) is 19.3 Å². The van der Waals surface area contributed by atoms with Crippen LogP contribution in [0.3, 0.4) is 0 Å². The zero-order valence-corrected chi connectivity index (χ0v) is 15.3. The van der Waals surface area contributed by atoms with Gasteiger partial charge in [0.15, 0.2) is 0 Å². The van der Waals surface area contributed by atoms with Crippen molar-refractivity contribution in [1.82, 2.24) is 4.90 Å². The lowest BCUT2D eigenvalue weighted by Crippen LogP contribution is -2.45. The van der Waals surface area contributed by atoms with Crippen molar-refractivity contribution in [2.75, 3.05) is 19.7 Å². The average molecular weight is 365 g/mol. The van der Waals surface area contributed by atoms with Crippen molar-refractivity contribution in [3.63, 3.8) is 0 Å². The van der Waals surface area contributed by atoms with E-state index in [1.54, 1.807) is 4.90 Å². The second kappa shape index (κ2) is 7.06. The standard InChI is InChI=1S/C22H23NO4/c1-14-12-23(11-10-15(14)21(24)25)22(26)27-13-20-18-8-4-2-6-16(18)17-7-3-5-9-19(17)20/h2-9,14-15,20H,10-13H2,1H3,(H,24,25)/t14-,15-/m0/s1. The molecule has 1 N–H and O–H groups in total. The van der Waals surface area contributed by atoms with Gasteiger partial charge < -0.3 is 14.7 Å². The summed E-state index contributed by atoms with van der Waals surface area (Å²) >= 11 is 0. The fraction of sp³-hybridized carbons (Fsp3) is 0.364. The van der Waals surface area contributed by atoms with E-state index in [-0.39, 0.29) is 23.8 Å². The maximum absolute atomic E-state index is 12.6. The Morgan fingerprint density at radius 3 is 2.22 bits per heavy atom. The van der Waals surface area contributed by atoms with E-state index >= 15 is 0 Å². The predicted molar refractivity (Wildman–Crippen MR) is 102 cm³/mol.